The maximum atomic E-state index is 12.7. The van der Waals surface area contributed by atoms with Crippen LogP contribution < -0.4 is 10.2 Å². The molecule has 1 atom stereocenters. The number of benzene rings is 2. The molecule has 0 radical (unpaired) electrons. The zero-order valence-corrected chi connectivity index (χ0v) is 16.4. The Morgan fingerprint density at radius 1 is 1.00 bits per heavy atom. The molecule has 2 N–H and O–H groups in total. The van der Waals surface area contributed by atoms with Crippen LogP contribution in [0.5, 0.6) is 5.75 Å². The first kappa shape index (κ1) is 20.8. The fourth-order valence-corrected chi connectivity index (χ4v) is 3.26. The van der Waals surface area contributed by atoms with E-state index in [2.05, 4.69) is 10.1 Å². The number of para-hydroxylation sites is 2. The number of phenols is 1. The maximum Gasteiger partial charge on any atom is 0.341 e. The van der Waals surface area contributed by atoms with Gasteiger partial charge in [0.25, 0.3) is 0 Å². The van der Waals surface area contributed by atoms with Gasteiger partial charge < -0.3 is 24.8 Å². The first-order valence-corrected chi connectivity index (χ1v) is 9.06. The number of carbonyl (C=O) groups excluding carboxylic acids is 4. The van der Waals surface area contributed by atoms with Crippen molar-refractivity contribution in [1.82, 2.24) is 0 Å². The molecule has 1 fully saturated rings. The van der Waals surface area contributed by atoms with Gasteiger partial charge in [0.2, 0.25) is 11.8 Å². The standard InChI is InChI=1S/C21H20N2O7/c1-29-20(27)13-6-3-4-9-16(13)23-11-12(10-17(23)24)19(26)22-15-8-5-7-14(18(15)25)21(28)30-2/h3-9,12,25H,10-11H2,1-2H3,(H,22,26). The minimum Gasteiger partial charge on any atom is -0.505 e. The smallest absolute Gasteiger partial charge is 0.341 e. The number of nitrogens with zero attached hydrogens (tertiary/aromatic N) is 1. The Labute approximate surface area is 172 Å². The Hall–Kier alpha value is -3.88. The maximum absolute atomic E-state index is 12.7. The first-order valence-electron chi connectivity index (χ1n) is 9.06. The highest BCUT2D eigenvalue weighted by atomic mass is 16.5. The number of aromatic hydroxyl groups is 1. The quantitative estimate of drug-likeness (QED) is 0.568. The molecule has 0 spiro atoms. The SMILES string of the molecule is COC(=O)c1ccccc1N1CC(C(=O)Nc2cccc(C(=O)OC)c2O)CC1=O. The van der Waals surface area contributed by atoms with Crippen LogP contribution in [-0.2, 0) is 19.1 Å². The van der Waals surface area contributed by atoms with E-state index in [-0.39, 0.29) is 35.7 Å². The highest BCUT2D eigenvalue weighted by Crippen LogP contribution is 2.32. The van der Waals surface area contributed by atoms with Gasteiger partial charge in [-0.05, 0) is 24.3 Å². The predicted molar refractivity (Wildman–Crippen MR) is 106 cm³/mol. The van der Waals surface area contributed by atoms with E-state index in [0.29, 0.717) is 5.69 Å². The topological polar surface area (TPSA) is 122 Å². The van der Waals surface area contributed by atoms with Crippen LogP contribution in [0.4, 0.5) is 11.4 Å². The van der Waals surface area contributed by atoms with E-state index in [0.717, 1.165) is 0 Å². The van der Waals surface area contributed by atoms with Crippen molar-refractivity contribution in [1.29, 1.82) is 0 Å². The summed E-state index contributed by atoms with van der Waals surface area (Å²) in [5.41, 5.74) is 0.521. The largest absolute Gasteiger partial charge is 0.505 e. The third-order valence-corrected chi connectivity index (χ3v) is 4.80. The monoisotopic (exact) mass is 412 g/mol. The van der Waals surface area contributed by atoms with Crippen molar-refractivity contribution in [2.24, 2.45) is 5.92 Å². The second-order valence-electron chi connectivity index (χ2n) is 6.60. The number of carbonyl (C=O) groups is 4. The van der Waals surface area contributed by atoms with Gasteiger partial charge in [-0.25, -0.2) is 9.59 Å². The van der Waals surface area contributed by atoms with Crippen LogP contribution in [0.1, 0.15) is 27.1 Å². The number of nitrogens with one attached hydrogen (secondary N) is 1. The molecule has 0 aliphatic carbocycles. The second-order valence-corrected chi connectivity index (χ2v) is 6.60. The van der Waals surface area contributed by atoms with Crippen molar-refractivity contribution in [3.05, 3.63) is 53.6 Å². The summed E-state index contributed by atoms with van der Waals surface area (Å²) in [6.45, 7) is 0.0517. The zero-order chi connectivity index (χ0) is 21.8. The molecule has 3 rings (SSSR count). The van der Waals surface area contributed by atoms with Crippen LogP contribution >= 0.6 is 0 Å². The average molecular weight is 412 g/mol. The molecule has 0 aromatic heterocycles. The fourth-order valence-electron chi connectivity index (χ4n) is 3.26. The summed E-state index contributed by atoms with van der Waals surface area (Å²) in [4.78, 5) is 50.3. The highest BCUT2D eigenvalue weighted by Gasteiger charge is 2.37. The third kappa shape index (κ3) is 3.95. The van der Waals surface area contributed by atoms with Gasteiger partial charge in [-0.2, -0.15) is 0 Å². The van der Waals surface area contributed by atoms with Crippen molar-refractivity contribution >= 4 is 35.1 Å². The van der Waals surface area contributed by atoms with E-state index in [1.54, 1.807) is 18.2 Å². The molecule has 9 nitrogen and oxygen atoms in total. The van der Waals surface area contributed by atoms with Gasteiger partial charge in [0.1, 0.15) is 5.56 Å². The number of methoxy groups -OCH3 is 2. The molecular weight excluding hydrogens is 392 g/mol. The lowest BCUT2D eigenvalue weighted by Crippen LogP contribution is -2.29. The molecule has 156 valence electrons. The average Bonchev–Trinajstić information content (AvgIpc) is 3.15. The van der Waals surface area contributed by atoms with Crippen LogP contribution in [0.25, 0.3) is 0 Å². The Bertz CT molecular complexity index is 1020. The van der Waals surface area contributed by atoms with Gasteiger partial charge in [-0.15, -0.1) is 0 Å². The lowest BCUT2D eigenvalue weighted by Gasteiger charge is -2.19. The van der Waals surface area contributed by atoms with E-state index >= 15 is 0 Å². The third-order valence-electron chi connectivity index (χ3n) is 4.80. The molecule has 0 bridgehead atoms. The lowest BCUT2D eigenvalue weighted by molar-refractivity contribution is -0.122. The molecule has 2 aromatic rings. The molecular formula is C21H20N2O7. The van der Waals surface area contributed by atoms with E-state index in [9.17, 15) is 24.3 Å². The molecule has 2 amide bonds. The highest BCUT2D eigenvalue weighted by molar-refractivity contribution is 6.07. The van der Waals surface area contributed by atoms with Crippen LogP contribution in [0.3, 0.4) is 0 Å². The van der Waals surface area contributed by atoms with E-state index in [1.807, 2.05) is 0 Å². The van der Waals surface area contributed by atoms with Gasteiger partial charge in [-0.1, -0.05) is 18.2 Å². The van der Waals surface area contributed by atoms with Crippen LogP contribution in [-0.4, -0.2) is 49.6 Å². The van der Waals surface area contributed by atoms with Crippen molar-refractivity contribution in [2.45, 2.75) is 6.42 Å². The number of hydrogen-bond acceptors (Lipinski definition) is 7. The molecule has 30 heavy (non-hydrogen) atoms. The van der Waals surface area contributed by atoms with Gasteiger partial charge in [0.05, 0.1) is 37.1 Å². The van der Waals surface area contributed by atoms with Gasteiger partial charge in [0.15, 0.2) is 5.75 Å². The lowest BCUT2D eigenvalue weighted by atomic mass is 10.1. The molecule has 1 heterocycles. The van der Waals surface area contributed by atoms with E-state index < -0.39 is 29.5 Å². The number of ether oxygens (including phenoxy) is 2. The molecule has 0 saturated carbocycles. The number of anilines is 2. The van der Waals surface area contributed by atoms with Crippen molar-refractivity contribution in [2.75, 3.05) is 31.0 Å². The molecule has 1 saturated heterocycles. The summed E-state index contributed by atoms with van der Waals surface area (Å²) < 4.78 is 9.35. The number of phenolic OH excluding ortho intramolecular Hbond substituents is 1. The summed E-state index contributed by atoms with van der Waals surface area (Å²) in [6.07, 6.45) is -0.0706. The summed E-state index contributed by atoms with van der Waals surface area (Å²) in [5.74, 6) is -3.29. The molecule has 9 heteroatoms. The Balaban J connectivity index is 1.79. The minimum atomic E-state index is -0.745. The first-order chi connectivity index (χ1) is 14.4. The second kappa shape index (κ2) is 8.64. The molecule has 1 aliphatic rings. The van der Waals surface area contributed by atoms with E-state index in [4.69, 9.17) is 4.74 Å². The van der Waals surface area contributed by atoms with Crippen molar-refractivity contribution in [3.63, 3.8) is 0 Å². The number of hydrogen-bond donors (Lipinski definition) is 2. The fraction of sp³-hybridized carbons (Fsp3) is 0.238. The summed E-state index contributed by atoms with van der Waals surface area (Å²) in [6, 6.07) is 10.8. The molecule has 1 aliphatic heterocycles. The summed E-state index contributed by atoms with van der Waals surface area (Å²) in [5, 5.41) is 12.8. The molecule has 2 aromatic carbocycles. The summed E-state index contributed by atoms with van der Waals surface area (Å²) >= 11 is 0. The Morgan fingerprint density at radius 3 is 2.33 bits per heavy atom. The number of esters is 2. The van der Waals surface area contributed by atoms with Gasteiger partial charge in [-0.3, -0.25) is 9.59 Å². The Kier molecular flexibility index (Phi) is 6.01. The van der Waals surface area contributed by atoms with Gasteiger partial charge >= 0.3 is 11.9 Å². The Morgan fingerprint density at radius 2 is 1.63 bits per heavy atom. The predicted octanol–water partition coefficient (Wildman–Crippen LogP) is 1.96. The zero-order valence-electron chi connectivity index (χ0n) is 16.4. The van der Waals surface area contributed by atoms with Crippen molar-refractivity contribution < 1.29 is 33.8 Å². The van der Waals surface area contributed by atoms with E-state index in [1.165, 1.54) is 43.4 Å². The number of rotatable bonds is 5. The number of amides is 2. The molecule has 1 unspecified atom stereocenters. The van der Waals surface area contributed by atoms with Crippen molar-refractivity contribution in [3.8, 4) is 5.75 Å². The van der Waals surface area contributed by atoms with Crippen LogP contribution in [0.2, 0.25) is 0 Å². The minimum absolute atomic E-state index is 0.0313. The van der Waals surface area contributed by atoms with Crippen LogP contribution in [0, 0.1) is 5.92 Å². The van der Waals surface area contributed by atoms with Gasteiger partial charge in [0, 0.05) is 13.0 Å². The normalized spacial score (nSPS) is 15.6. The summed E-state index contributed by atoms with van der Waals surface area (Å²) in [7, 11) is 2.42. The van der Waals surface area contributed by atoms with Crippen LogP contribution in [0.15, 0.2) is 42.5 Å².